The minimum atomic E-state index is -0.419. The summed E-state index contributed by atoms with van der Waals surface area (Å²) in [5.74, 6) is 0. The van der Waals surface area contributed by atoms with Crippen molar-refractivity contribution < 1.29 is 6.85 Å². The summed E-state index contributed by atoms with van der Waals surface area (Å²) in [6, 6.07) is 52.7. The molecule has 0 heterocycles. The molecule has 9 rings (SSSR count). The van der Waals surface area contributed by atoms with Crippen LogP contribution in [0.5, 0.6) is 0 Å². The molecule has 0 unspecified atom stereocenters. The molecule has 1 aliphatic carbocycles. The second-order valence-corrected chi connectivity index (χ2v) is 13.4. The highest BCUT2D eigenvalue weighted by molar-refractivity contribution is 5.97. The van der Waals surface area contributed by atoms with Gasteiger partial charge in [-0.15, -0.1) is 0 Å². The fourth-order valence-corrected chi connectivity index (χ4v) is 7.79. The van der Waals surface area contributed by atoms with E-state index in [0.29, 0.717) is 11.4 Å². The summed E-state index contributed by atoms with van der Waals surface area (Å²) < 4.78 is 43.2. The van der Waals surface area contributed by atoms with Gasteiger partial charge >= 0.3 is 0 Å². The average molecular weight is 645 g/mol. The fourth-order valence-electron chi connectivity index (χ4n) is 7.79. The van der Waals surface area contributed by atoms with Crippen molar-refractivity contribution in [1.29, 1.82) is 0 Å². The Labute approximate surface area is 301 Å². The highest BCUT2D eigenvalue weighted by atomic mass is 15.1. The molecule has 8 aromatic rings. The monoisotopic (exact) mass is 644 g/mol. The van der Waals surface area contributed by atoms with E-state index < -0.39 is 6.04 Å². The third-order valence-electron chi connectivity index (χ3n) is 10.1. The van der Waals surface area contributed by atoms with Crippen LogP contribution in [-0.2, 0) is 5.41 Å². The number of para-hydroxylation sites is 1. The molecular weight excluding hydrogens is 603 g/mol. The maximum atomic E-state index is 8.96. The van der Waals surface area contributed by atoms with Gasteiger partial charge in [-0.25, -0.2) is 0 Å². The molecule has 0 aliphatic heterocycles. The van der Waals surface area contributed by atoms with E-state index in [1.165, 1.54) is 38.6 Å². The Hall–Kier alpha value is -6.18. The largest absolute Gasteiger partial charge is 0.311 e. The Kier molecular flexibility index (Phi) is 6.00. The lowest BCUT2D eigenvalue weighted by molar-refractivity contribution is 0.662. The average Bonchev–Trinajstić information content (AvgIpc) is 3.47. The minimum Gasteiger partial charge on any atom is -0.311 e. The molecule has 1 nitrogen and oxygen atoms in total. The van der Waals surface area contributed by atoms with Crippen molar-refractivity contribution in [2.24, 2.45) is 0 Å². The first-order valence-electron chi connectivity index (χ1n) is 19.5. The Morgan fingerprint density at radius 3 is 1.82 bits per heavy atom. The maximum Gasteiger partial charge on any atom is 0.0645 e. The van der Waals surface area contributed by atoms with Crippen LogP contribution in [0.15, 0.2) is 188 Å². The van der Waals surface area contributed by atoms with Crippen LogP contribution in [0, 0.1) is 0 Å². The predicted octanol–water partition coefficient (Wildman–Crippen LogP) is 13.6. The van der Waals surface area contributed by atoms with Crippen molar-refractivity contribution in [1.82, 2.24) is 0 Å². The zero-order valence-corrected chi connectivity index (χ0v) is 28.0. The Balaban J connectivity index is 1.13. The van der Waals surface area contributed by atoms with E-state index >= 15 is 0 Å². The standard InChI is InChI=1S/C49H37N/c1-49(2)47-24-9-8-20-45(47)46-23-12-22-44(48(46)49)36-27-31-41(32-28-36)50(39-17-4-3-5-18-39)40-29-25-34(26-30-40)37-15-10-16-38(33-37)43-21-11-14-35-13-6-7-19-42(35)43/h3-33H,1-2H3/i3D,4D,5D,17D,18D. The number of nitrogens with zero attached hydrogens (tertiary/aromatic N) is 1. The van der Waals surface area contributed by atoms with E-state index in [4.69, 9.17) is 6.85 Å². The van der Waals surface area contributed by atoms with Gasteiger partial charge in [-0.3, -0.25) is 0 Å². The summed E-state index contributed by atoms with van der Waals surface area (Å²) >= 11 is 0. The molecule has 0 fully saturated rings. The van der Waals surface area contributed by atoms with E-state index in [-0.39, 0.29) is 35.3 Å². The molecule has 0 N–H and O–H groups in total. The molecule has 0 spiro atoms. The highest BCUT2D eigenvalue weighted by Crippen LogP contribution is 2.52. The molecule has 0 saturated heterocycles. The van der Waals surface area contributed by atoms with Crippen molar-refractivity contribution in [3.8, 4) is 44.5 Å². The van der Waals surface area contributed by atoms with E-state index in [1.54, 1.807) is 4.90 Å². The molecule has 238 valence electrons. The van der Waals surface area contributed by atoms with Gasteiger partial charge in [0.05, 0.1) is 6.85 Å². The topological polar surface area (TPSA) is 3.24 Å². The lowest BCUT2D eigenvalue weighted by Gasteiger charge is -2.27. The summed E-state index contributed by atoms with van der Waals surface area (Å²) in [6.07, 6.45) is 0. The van der Waals surface area contributed by atoms with Gasteiger partial charge in [0, 0.05) is 22.5 Å². The first-order chi connectivity index (χ1) is 26.6. The summed E-state index contributed by atoms with van der Waals surface area (Å²) in [5.41, 5.74) is 12.9. The molecule has 1 aliphatic rings. The third-order valence-corrected chi connectivity index (χ3v) is 10.1. The lowest BCUT2D eigenvalue weighted by atomic mass is 9.79. The molecule has 0 atom stereocenters. The SMILES string of the molecule is [2H]c1c([2H])c([2H])c(N(c2ccc(-c3cccc(-c4cccc5ccccc45)c3)cc2)c2ccc(-c3cccc4c3C(C)(C)c3ccccc3-4)cc2)c([2H])c1[2H]. The molecule has 0 radical (unpaired) electrons. The predicted molar refractivity (Wildman–Crippen MR) is 213 cm³/mol. The van der Waals surface area contributed by atoms with E-state index in [1.807, 2.05) is 36.4 Å². The molecule has 0 bridgehead atoms. The number of fused-ring (bicyclic) bond motifs is 4. The second kappa shape index (κ2) is 12.1. The molecule has 50 heavy (non-hydrogen) atoms. The van der Waals surface area contributed by atoms with Crippen LogP contribution in [0.3, 0.4) is 0 Å². The van der Waals surface area contributed by atoms with Crippen LogP contribution in [0.1, 0.15) is 31.8 Å². The quantitative estimate of drug-likeness (QED) is 0.174. The maximum absolute atomic E-state index is 8.96. The van der Waals surface area contributed by atoms with Gasteiger partial charge in [0.15, 0.2) is 0 Å². The summed E-state index contributed by atoms with van der Waals surface area (Å²) in [4.78, 5) is 1.77. The Morgan fingerprint density at radius 1 is 0.440 bits per heavy atom. The van der Waals surface area contributed by atoms with Gasteiger partial charge in [-0.05, 0) is 109 Å². The number of hydrogen-bond acceptors (Lipinski definition) is 1. The van der Waals surface area contributed by atoms with E-state index in [2.05, 4.69) is 135 Å². The van der Waals surface area contributed by atoms with Gasteiger partial charge in [0.2, 0.25) is 0 Å². The molecule has 0 saturated carbocycles. The first kappa shape index (κ1) is 24.9. The van der Waals surface area contributed by atoms with Crippen LogP contribution in [0.4, 0.5) is 17.1 Å². The summed E-state index contributed by atoms with van der Waals surface area (Å²) in [7, 11) is 0. The van der Waals surface area contributed by atoms with Gasteiger partial charge < -0.3 is 4.90 Å². The second-order valence-electron chi connectivity index (χ2n) is 13.4. The molecule has 0 aromatic heterocycles. The van der Waals surface area contributed by atoms with Crippen LogP contribution in [0.2, 0.25) is 0 Å². The summed E-state index contributed by atoms with van der Waals surface area (Å²) in [5, 5.41) is 2.39. The third kappa shape index (κ3) is 5.02. The molecular formula is C49H37N. The first-order valence-corrected chi connectivity index (χ1v) is 17.0. The van der Waals surface area contributed by atoms with Crippen LogP contribution in [-0.4, -0.2) is 0 Å². The van der Waals surface area contributed by atoms with Gasteiger partial charge in [-0.1, -0.05) is 159 Å². The van der Waals surface area contributed by atoms with E-state index in [9.17, 15) is 0 Å². The van der Waals surface area contributed by atoms with Crippen molar-refractivity contribution in [2.45, 2.75) is 19.3 Å². The van der Waals surface area contributed by atoms with Crippen LogP contribution < -0.4 is 4.90 Å². The normalized spacial score (nSPS) is 14.2. The van der Waals surface area contributed by atoms with Crippen molar-refractivity contribution in [2.75, 3.05) is 4.90 Å². The number of benzene rings is 8. The molecule has 8 aromatic carbocycles. The Morgan fingerprint density at radius 2 is 1.02 bits per heavy atom. The van der Waals surface area contributed by atoms with Gasteiger partial charge in [-0.2, -0.15) is 0 Å². The smallest absolute Gasteiger partial charge is 0.0645 e. The number of hydrogen-bond donors (Lipinski definition) is 0. The number of rotatable bonds is 6. The highest BCUT2D eigenvalue weighted by Gasteiger charge is 2.37. The van der Waals surface area contributed by atoms with Gasteiger partial charge in [0.25, 0.3) is 0 Å². The van der Waals surface area contributed by atoms with Gasteiger partial charge in [0.1, 0.15) is 0 Å². The Bertz CT molecular complexity index is 2750. The zero-order valence-electron chi connectivity index (χ0n) is 33.0. The number of anilines is 3. The van der Waals surface area contributed by atoms with E-state index in [0.717, 1.165) is 27.8 Å². The zero-order chi connectivity index (χ0) is 38.0. The minimum absolute atomic E-state index is 0.0987. The van der Waals surface area contributed by atoms with Crippen molar-refractivity contribution in [3.63, 3.8) is 0 Å². The van der Waals surface area contributed by atoms with Crippen LogP contribution in [0.25, 0.3) is 55.3 Å². The van der Waals surface area contributed by atoms with Crippen molar-refractivity contribution >= 4 is 27.8 Å². The summed E-state index contributed by atoms with van der Waals surface area (Å²) in [6.45, 7) is 4.55. The molecule has 0 amide bonds. The molecule has 1 heteroatoms. The fraction of sp³-hybridized carbons (Fsp3) is 0.0612. The lowest BCUT2D eigenvalue weighted by Crippen LogP contribution is -2.16. The van der Waals surface area contributed by atoms with Crippen LogP contribution >= 0.6 is 0 Å². The van der Waals surface area contributed by atoms with Crippen molar-refractivity contribution in [3.05, 3.63) is 199 Å².